The van der Waals surface area contributed by atoms with Gasteiger partial charge in [-0.3, -0.25) is 4.90 Å². The van der Waals surface area contributed by atoms with Gasteiger partial charge in [-0.15, -0.1) is 0 Å². The first-order valence-electron chi connectivity index (χ1n) is 9.86. The third-order valence-corrected chi connectivity index (χ3v) is 6.80. The zero-order chi connectivity index (χ0) is 16.0. The summed E-state index contributed by atoms with van der Waals surface area (Å²) in [5, 5.41) is 3.46. The molecule has 5 aliphatic rings. The van der Waals surface area contributed by atoms with Gasteiger partial charge in [0.15, 0.2) is 0 Å². The third-order valence-electron chi connectivity index (χ3n) is 6.80. The summed E-state index contributed by atoms with van der Waals surface area (Å²) in [4.78, 5) is 17.3. The molecule has 5 fully saturated rings. The molecule has 0 atom stereocenters. The zero-order valence-corrected chi connectivity index (χ0v) is 14.8. The van der Waals surface area contributed by atoms with E-state index in [1.54, 1.807) is 0 Å². The highest BCUT2D eigenvalue weighted by Gasteiger charge is 2.48. The third kappa shape index (κ3) is 3.24. The van der Waals surface area contributed by atoms with Crippen molar-refractivity contribution in [3.05, 3.63) is 0 Å². The van der Waals surface area contributed by atoms with Gasteiger partial charge in [0.05, 0.1) is 0 Å². The standard InChI is InChI=1S/C19H33N3O/c1-13(2)12-21-3-5-22(6-4-21)19(23)20-18-16-8-14-7-15(10-16)11-17(18)9-14/h13-18H,3-12H2,1-2H3,(H,20,23). The molecule has 130 valence electrons. The number of hydrogen-bond donors (Lipinski definition) is 1. The molecule has 0 aromatic carbocycles. The molecule has 1 saturated heterocycles. The molecule has 1 aliphatic heterocycles. The van der Waals surface area contributed by atoms with E-state index >= 15 is 0 Å². The Bertz CT molecular complexity index is 414. The van der Waals surface area contributed by atoms with Crippen LogP contribution in [-0.4, -0.2) is 54.6 Å². The minimum Gasteiger partial charge on any atom is -0.335 e. The minimum atomic E-state index is 0.215. The molecule has 23 heavy (non-hydrogen) atoms. The number of rotatable bonds is 3. The summed E-state index contributed by atoms with van der Waals surface area (Å²) in [6.45, 7) is 9.56. The quantitative estimate of drug-likeness (QED) is 0.868. The fourth-order valence-electron chi connectivity index (χ4n) is 6.04. The Morgan fingerprint density at radius 2 is 1.52 bits per heavy atom. The zero-order valence-electron chi connectivity index (χ0n) is 14.8. The van der Waals surface area contributed by atoms with Gasteiger partial charge < -0.3 is 10.2 Å². The molecule has 4 aliphatic carbocycles. The van der Waals surface area contributed by atoms with Crippen molar-refractivity contribution in [1.29, 1.82) is 0 Å². The van der Waals surface area contributed by atoms with Crippen LogP contribution in [0.5, 0.6) is 0 Å². The van der Waals surface area contributed by atoms with Crippen molar-refractivity contribution >= 4 is 6.03 Å². The summed E-state index contributed by atoms with van der Waals surface area (Å²) in [7, 11) is 0. The Balaban J connectivity index is 1.29. The van der Waals surface area contributed by atoms with E-state index in [1.165, 1.54) is 32.1 Å². The number of piperazine rings is 1. The Labute approximate surface area is 141 Å². The molecule has 0 aromatic heterocycles. The predicted octanol–water partition coefficient (Wildman–Crippen LogP) is 2.79. The van der Waals surface area contributed by atoms with E-state index in [0.29, 0.717) is 12.0 Å². The SMILES string of the molecule is CC(C)CN1CCN(C(=O)NC2C3CC4CC(C3)CC2C4)CC1. The van der Waals surface area contributed by atoms with Gasteiger partial charge in [-0.05, 0) is 61.7 Å². The lowest BCUT2D eigenvalue weighted by molar-refractivity contribution is -0.0116. The average molecular weight is 319 g/mol. The summed E-state index contributed by atoms with van der Waals surface area (Å²) >= 11 is 0. The summed E-state index contributed by atoms with van der Waals surface area (Å²) in [6.07, 6.45) is 6.98. The second-order valence-corrected chi connectivity index (χ2v) is 9.09. The maximum absolute atomic E-state index is 12.7. The molecule has 4 heteroatoms. The van der Waals surface area contributed by atoms with Gasteiger partial charge in [-0.2, -0.15) is 0 Å². The van der Waals surface area contributed by atoms with Gasteiger partial charge in [-0.25, -0.2) is 4.79 Å². The molecule has 4 bridgehead atoms. The van der Waals surface area contributed by atoms with Gasteiger partial charge in [0.1, 0.15) is 0 Å². The van der Waals surface area contributed by atoms with Crippen LogP contribution < -0.4 is 5.32 Å². The van der Waals surface area contributed by atoms with Gasteiger partial charge >= 0.3 is 6.03 Å². The Morgan fingerprint density at radius 3 is 2.04 bits per heavy atom. The van der Waals surface area contributed by atoms with Crippen LogP contribution in [0.4, 0.5) is 4.79 Å². The lowest BCUT2D eigenvalue weighted by Crippen LogP contribution is -2.60. The number of carbonyl (C=O) groups excluding carboxylic acids is 1. The molecule has 2 amide bonds. The predicted molar refractivity (Wildman–Crippen MR) is 92.2 cm³/mol. The average Bonchev–Trinajstić information content (AvgIpc) is 2.50. The molecule has 4 saturated carbocycles. The van der Waals surface area contributed by atoms with Crippen molar-refractivity contribution in [3.63, 3.8) is 0 Å². The van der Waals surface area contributed by atoms with Gasteiger partial charge in [0, 0.05) is 38.8 Å². The molecule has 4 nitrogen and oxygen atoms in total. The molecule has 1 heterocycles. The van der Waals surface area contributed by atoms with E-state index in [-0.39, 0.29) is 6.03 Å². The summed E-state index contributed by atoms with van der Waals surface area (Å²) in [6, 6.07) is 0.690. The van der Waals surface area contributed by atoms with Gasteiger partial charge in [-0.1, -0.05) is 13.8 Å². The first-order valence-corrected chi connectivity index (χ1v) is 9.86. The molecule has 0 spiro atoms. The number of nitrogens with one attached hydrogen (secondary N) is 1. The van der Waals surface area contributed by atoms with Crippen LogP contribution in [-0.2, 0) is 0 Å². The van der Waals surface area contributed by atoms with Crippen molar-refractivity contribution in [3.8, 4) is 0 Å². The van der Waals surface area contributed by atoms with Crippen LogP contribution in [0.3, 0.4) is 0 Å². The van der Waals surface area contributed by atoms with E-state index in [9.17, 15) is 4.79 Å². The summed E-state index contributed by atoms with van der Waals surface area (Å²) in [5.41, 5.74) is 0. The summed E-state index contributed by atoms with van der Waals surface area (Å²) < 4.78 is 0. The lowest BCUT2D eigenvalue weighted by Gasteiger charge is -2.54. The van der Waals surface area contributed by atoms with Crippen molar-refractivity contribution in [1.82, 2.24) is 15.1 Å². The molecule has 1 N–H and O–H groups in total. The largest absolute Gasteiger partial charge is 0.335 e. The molecular formula is C19H33N3O. The number of carbonyl (C=O) groups is 1. The second-order valence-electron chi connectivity index (χ2n) is 9.09. The molecule has 0 radical (unpaired) electrons. The van der Waals surface area contributed by atoms with Crippen LogP contribution in [0.2, 0.25) is 0 Å². The highest BCUT2D eigenvalue weighted by molar-refractivity contribution is 5.74. The van der Waals surface area contributed by atoms with E-state index in [0.717, 1.165) is 56.4 Å². The molecule has 5 rings (SSSR count). The fourth-order valence-corrected chi connectivity index (χ4v) is 6.04. The van der Waals surface area contributed by atoms with Gasteiger partial charge in [0.2, 0.25) is 0 Å². The van der Waals surface area contributed by atoms with E-state index in [1.807, 2.05) is 0 Å². The Morgan fingerprint density at radius 1 is 0.957 bits per heavy atom. The van der Waals surface area contributed by atoms with E-state index in [2.05, 4.69) is 29.0 Å². The molecule has 0 unspecified atom stereocenters. The highest BCUT2D eigenvalue weighted by Crippen LogP contribution is 2.53. The van der Waals surface area contributed by atoms with Crippen LogP contribution in [0.25, 0.3) is 0 Å². The van der Waals surface area contributed by atoms with Gasteiger partial charge in [0.25, 0.3) is 0 Å². The smallest absolute Gasteiger partial charge is 0.317 e. The van der Waals surface area contributed by atoms with Crippen molar-refractivity contribution in [2.45, 2.75) is 52.0 Å². The van der Waals surface area contributed by atoms with Crippen LogP contribution >= 0.6 is 0 Å². The number of hydrogen-bond acceptors (Lipinski definition) is 2. The normalized spacial score (nSPS) is 40.0. The molecule has 0 aromatic rings. The topological polar surface area (TPSA) is 35.6 Å². The van der Waals surface area contributed by atoms with Crippen LogP contribution in [0, 0.1) is 29.6 Å². The number of nitrogens with zero attached hydrogens (tertiary/aromatic N) is 2. The first-order chi connectivity index (χ1) is 11.1. The highest BCUT2D eigenvalue weighted by atomic mass is 16.2. The van der Waals surface area contributed by atoms with Crippen molar-refractivity contribution in [2.75, 3.05) is 32.7 Å². The lowest BCUT2D eigenvalue weighted by atomic mass is 9.54. The maximum atomic E-state index is 12.7. The Kier molecular flexibility index (Phi) is 4.29. The minimum absolute atomic E-state index is 0.215. The first kappa shape index (κ1) is 15.7. The van der Waals surface area contributed by atoms with E-state index < -0.39 is 0 Å². The fraction of sp³-hybridized carbons (Fsp3) is 0.947. The van der Waals surface area contributed by atoms with Crippen molar-refractivity contribution < 1.29 is 4.79 Å². The monoisotopic (exact) mass is 319 g/mol. The summed E-state index contributed by atoms with van der Waals surface area (Å²) in [5.74, 6) is 4.22. The molecular weight excluding hydrogens is 286 g/mol. The Hall–Kier alpha value is -0.770. The van der Waals surface area contributed by atoms with Crippen LogP contribution in [0.15, 0.2) is 0 Å². The second kappa shape index (κ2) is 6.27. The van der Waals surface area contributed by atoms with Crippen LogP contribution in [0.1, 0.15) is 46.0 Å². The number of amides is 2. The van der Waals surface area contributed by atoms with E-state index in [4.69, 9.17) is 0 Å². The van der Waals surface area contributed by atoms with Crippen molar-refractivity contribution in [2.24, 2.45) is 29.6 Å². The number of urea groups is 1. The maximum Gasteiger partial charge on any atom is 0.317 e.